The predicted octanol–water partition coefficient (Wildman–Crippen LogP) is 4.84. The molecular formula is C18H21ClO2. The van der Waals surface area contributed by atoms with Gasteiger partial charge < -0.3 is 9.47 Å². The lowest BCUT2D eigenvalue weighted by Gasteiger charge is -2.15. The normalized spacial score (nSPS) is 12.0. The largest absolute Gasteiger partial charge is 0.497 e. The minimum atomic E-state index is -0.132. The lowest BCUT2D eigenvalue weighted by atomic mass is 9.99. The number of alkyl halides is 1. The first kappa shape index (κ1) is 15.7. The van der Waals surface area contributed by atoms with Gasteiger partial charge in [0.15, 0.2) is 0 Å². The molecule has 112 valence electrons. The Morgan fingerprint density at radius 2 is 1.71 bits per heavy atom. The Labute approximate surface area is 131 Å². The number of hydrogen-bond donors (Lipinski definition) is 0. The molecule has 2 nitrogen and oxygen atoms in total. The van der Waals surface area contributed by atoms with Crippen LogP contribution in [0.25, 0.3) is 0 Å². The zero-order valence-corrected chi connectivity index (χ0v) is 13.7. The van der Waals surface area contributed by atoms with E-state index in [9.17, 15) is 0 Å². The van der Waals surface area contributed by atoms with Crippen LogP contribution in [0.1, 0.15) is 27.6 Å². The van der Waals surface area contributed by atoms with Gasteiger partial charge in [0.25, 0.3) is 0 Å². The van der Waals surface area contributed by atoms with Crippen molar-refractivity contribution in [2.45, 2.75) is 25.6 Å². The average Bonchev–Trinajstić information content (AvgIpc) is 2.50. The number of aryl methyl sites for hydroxylation is 2. The number of halogens is 1. The van der Waals surface area contributed by atoms with Crippen LogP contribution < -0.4 is 9.47 Å². The molecule has 3 heteroatoms. The van der Waals surface area contributed by atoms with Crippen LogP contribution in [0.2, 0.25) is 0 Å². The van der Waals surface area contributed by atoms with Crippen LogP contribution in [0.15, 0.2) is 36.4 Å². The summed E-state index contributed by atoms with van der Waals surface area (Å²) in [5.41, 5.74) is 4.80. The van der Waals surface area contributed by atoms with Crippen LogP contribution in [-0.4, -0.2) is 14.2 Å². The Hall–Kier alpha value is -1.67. The second-order valence-electron chi connectivity index (χ2n) is 5.20. The van der Waals surface area contributed by atoms with Gasteiger partial charge in [-0.3, -0.25) is 0 Å². The van der Waals surface area contributed by atoms with Gasteiger partial charge in [0, 0.05) is 11.6 Å². The molecule has 0 spiro atoms. The Balaban J connectivity index is 2.23. The Morgan fingerprint density at radius 3 is 2.33 bits per heavy atom. The summed E-state index contributed by atoms with van der Waals surface area (Å²) in [7, 11) is 3.29. The van der Waals surface area contributed by atoms with E-state index >= 15 is 0 Å². The van der Waals surface area contributed by atoms with Crippen molar-refractivity contribution in [2.75, 3.05) is 14.2 Å². The van der Waals surface area contributed by atoms with Gasteiger partial charge >= 0.3 is 0 Å². The second kappa shape index (κ2) is 6.86. The summed E-state index contributed by atoms with van der Waals surface area (Å²) in [4.78, 5) is 0. The summed E-state index contributed by atoms with van der Waals surface area (Å²) in [5.74, 6) is 1.53. The standard InChI is InChI=1S/C18H21ClO2/c1-12-5-6-14(9-13(12)2)10-17(19)16-8-7-15(20-3)11-18(16)21-4/h5-9,11,17H,10H2,1-4H3. The molecular weight excluding hydrogens is 284 g/mol. The molecule has 0 fully saturated rings. The van der Waals surface area contributed by atoms with Crippen LogP contribution in [0.4, 0.5) is 0 Å². The fourth-order valence-corrected chi connectivity index (χ4v) is 2.68. The van der Waals surface area contributed by atoms with Gasteiger partial charge in [0.2, 0.25) is 0 Å². The molecule has 1 unspecified atom stereocenters. The van der Waals surface area contributed by atoms with Crippen LogP contribution in [-0.2, 0) is 6.42 Å². The van der Waals surface area contributed by atoms with Crippen molar-refractivity contribution in [2.24, 2.45) is 0 Å². The van der Waals surface area contributed by atoms with Crippen LogP contribution in [0, 0.1) is 13.8 Å². The van der Waals surface area contributed by atoms with E-state index in [0.717, 1.165) is 23.5 Å². The van der Waals surface area contributed by atoms with Crippen LogP contribution in [0.3, 0.4) is 0 Å². The van der Waals surface area contributed by atoms with E-state index in [1.165, 1.54) is 16.7 Å². The number of methoxy groups -OCH3 is 2. The van der Waals surface area contributed by atoms with Crippen molar-refractivity contribution in [1.82, 2.24) is 0 Å². The third-order valence-corrected chi connectivity index (χ3v) is 4.15. The SMILES string of the molecule is COc1ccc(C(Cl)Cc2ccc(C)c(C)c2)c(OC)c1. The highest BCUT2D eigenvalue weighted by Gasteiger charge is 2.15. The van der Waals surface area contributed by atoms with Gasteiger partial charge in [-0.2, -0.15) is 0 Å². The molecule has 0 aliphatic carbocycles. The van der Waals surface area contributed by atoms with Gasteiger partial charge in [-0.15, -0.1) is 11.6 Å². The van der Waals surface area contributed by atoms with Gasteiger partial charge in [-0.1, -0.05) is 24.3 Å². The zero-order valence-electron chi connectivity index (χ0n) is 12.9. The molecule has 2 aromatic rings. The van der Waals surface area contributed by atoms with Crippen LogP contribution >= 0.6 is 11.6 Å². The lowest BCUT2D eigenvalue weighted by molar-refractivity contribution is 0.390. The monoisotopic (exact) mass is 304 g/mol. The van der Waals surface area contributed by atoms with Crippen molar-refractivity contribution in [1.29, 1.82) is 0 Å². The third-order valence-electron chi connectivity index (χ3n) is 3.76. The zero-order chi connectivity index (χ0) is 15.4. The fourth-order valence-electron chi connectivity index (χ4n) is 2.32. The minimum absolute atomic E-state index is 0.132. The molecule has 0 aromatic heterocycles. The number of rotatable bonds is 5. The van der Waals surface area contributed by atoms with Crippen molar-refractivity contribution >= 4 is 11.6 Å². The number of benzene rings is 2. The first-order valence-corrected chi connectivity index (χ1v) is 7.41. The summed E-state index contributed by atoms with van der Waals surface area (Å²) in [6.45, 7) is 4.24. The molecule has 21 heavy (non-hydrogen) atoms. The first-order valence-electron chi connectivity index (χ1n) is 6.97. The molecule has 0 saturated heterocycles. The van der Waals surface area contributed by atoms with E-state index in [1.54, 1.807) is 14.2 Å². The minimum Gasteiger partial charge on any atom is -0.497 e. The molecule has 0 heterocycles. The van der Waals surface area contributed by atoms with Gasteiger partial charge in [-0.25, -0.2) is 0 Å². The van der Waals surface area contributed by atoms with Crippen molar-refractivity contribution in [3.63, 3.8) is 0 Å². The number of hydrogen-bond acceptors (Lipinski definition) is 2. The quantitative estimate of drug-likeness (QED) is 0.736. The van der Waals surface area contributed by atoms with Crippen molar-refractivity contribution in [3.8, 4) is 11.5 Å². The molecule has 0 radical (unpaired) electrons. The first-order chi connectivity index (χ1) is 10.0. The molecule has 0 aliphatic rings. The molecule has 2 rings (SSSR count). The Kier molecular flexibility index (Phi) is 5.13. The molecule has 2 aromatic carbocycles. The van der Waals surface area contributed by atoms with Crippen molar-refractivity contribution < 1.29 is 9.47 Å². The van der Waals surface area contributed by atoms with E-state index in [0.29, 0.717) is 0 Å². The Morgan fingerprint density at radius 1 is 0.952 bits per heavy atom. The number of ether oxygens (including phenoxy) is 2. The fraction of sp³-hybridized carbons (Fsp3) is 0.333. The van der Waals surface area contributed by atoms with Crippen LogP contribution in [0.5, 0.6) is 11.5 Å². The molecule has 0 N–H and O–H groups in total. The Bertz CT molecular complexity index is 623. The van der Waals surface area contributed by atoms with E-state index < -0.39 is 0 Å². The topological polar surface area (TPSA) is 18.5 Å². The van der Waals surface area contributed by atoms with Crippen molar-refractivity contribution in [3.05, 3.63) is 58.7 Å². The summed E-state index contributed by atoms with van der Waals surface area (Å²) in [6, 6.07) is 12.2. The maximum atomic E-state index is 6.59. The summed E-state index contributed by atoms with van der Waals surface area (Å²) < 4.78 is 10.6. The highest BCUT2D eigenvalue weighted by molar-refractivity contribution is 6.21. The maximum absolute atomic E-state index is 6.59. The average molecular weight is 305 g/mol. The molecule has 1 atom stereocenters. The van der Waals surface area contributed by atoms with Gasteiger partial charge in [0.1, 0.15) is 11.5 Å². The highest BCUT2D eigenvalue weighted by atomic mass is 35.5. The van der Waals surface area contributed by atoms with E-state index in [1.807, 2.05) is 18.2 Å². The van der Waals surface area contributed by atoms with E-state index in [2.05, 4.69) is 32.0 Å². The lowest BCUT2D eigenvalue weighted by Crippen LogP contribution is -2.00. The molecule has 0 bridgehead atoms. The maximum Gasteiger partial charge on any atom is 0.127 e. The predicted molar refractivity (Wildman–Crippen MR) is 87.8 cm³/mol. The molecule has 0 amide bonds. The van der Waals surface area contributed by atoms with E-state index in [-0.39, 0.29) is 5.38 Å². The highest BCUT2D eigenvalue weighted by Crippen LogP contribution is 2.35. The van der Waals surface area contributed by atoms with Gasteiger partial charge in [0.05, 0.1) is 19.6 Å². The molecule has 0 saturated carbocycles. The van der Waals surface area contributed by atoms with Gasteiger partial charge in [-0.05, 0) is 43.0 Å². The molecule has 0 aliphatic heterocycles. The second-order valence-corrected chi connectivity index (χ2v) is 5.72. The smallest absolute Gasteiger partial charge is 0.127 e. The van der Waals surface area contributed by atoms with E-state index in [4.69, 9.17) is 21.1 Å². The summed E-state index contributed by atoms with van der Waals surface area (Å²) in [6.07, 6.45) is 0.769. The third kappa shape index (κ3) is 3.70. The summed E-state index contributed by atoms with van der Waals surface area (Å²) >= 11 is 6.59. The summed E-state index contributed by atoms with van der Waals surface area (Å²) in [5, 5.41) is -0.132.